The molecule has 0 N–H and O–H groups in total. The van der Waals surface area contributed by atoms with Crippen LogP contribution < -0.4 is 61.6 Å². The number of halogens is 4. The van der Waals surface area contributed by atoms with Crippen molar-refractivity contribution in [2.24, 2.45) is 0 Å². The molecule has 0 atom stereocenters. The van der Waals surface area contributed by atoms with E-state index in [1.54, 1.807) is 0 Å². The Labute approximate surface area is 166 Å². The summed E-state index contributed by atoms with van der Waals surface area (Å²) in [5.74, 6) is -1.11. The van der Waals surface area contributed by atoms with Gasteiger partial charge in [0.2, 0.25) is 0 Å². The van der Waals surface area contributed by atoms with E-state index in [1.807, 2.05) is 0 Å². The van der Waals surface area contributed by atoms with E-state index in [0.29, 0.717) is 6.61 Å². The SMILES string of the molecule is CCCCCCCCOc1ccc([B-](F)(F)F)c(F)c1.[K+]. The first-order valence-electron chi connectivity index (χ1n) is 7.07. The summed E-state index contributed by atoms with van der Waals surface area (Å²) in [4.78, 5) is 0. The largest absolute Gasteiger partial charge is 1.00 e. The van der Waals surface area contributed by atoms with E-state index in [1.165, 1.54) is 25.3 Å². The molecule has 0 unspecified atom stereocenters. The molecule has 1 rings (SSSR count). The second-order valence-electron chi connectivity index (χ2n) is 4.87. The van der Waals surface area contributed by atoms with Gasteiger partial charge in [-0.05, 0) is 12.5 Å². The van der Waals surface area contributed by atoms with Crippen molar-refractivity contribution >= 4 is 12.4 Å². The van der Waals surface area contributed by atoms with Crippen molar-refractivity contribution in [2.45, 2.75) is 45.4 Å². The molecule has 0 aliphatic rings. The van der Waals surface area contributed by atoms with Gasteiger partial charge in [0.25, 0.3) is 0 Å². The first-order chi connectivity index (χ1) is 9.45. The molecule has 0 amide bonds. The molecule has 0 aromatic heterocycles. The van der Waals surface area contributed by atoms with Crippen LogP contribution in [0.3, 0.4) is 0 Å². The molecule has 0 fully saturated rings. The molecule has 0 heterocycles. The predicted octanol–water partition coefficient (Wildman–Crippen LogP) is 1.62. The van der Waals surface area contributed by atoms with Gasteiger partial charge in [0.15, 0.2) is 0 Å². The molecule has 1 nitrogen and oxygen atoms in total. The maximum Gasteiger partial charge on any atom is 1.00 e. The van der Waals surface area contributed by atoms with Gasteiger partial charge in [-0.1, -0.05) is 50.6 Å². The molecule has 0 spiro atoms. The second-order valence-corrected chi connectivity index (χ2v) is 4.87. The van der Waals surface area contributed by atoms with Gasteiger partial charge in [-0.3, -0.25) is 0 Å². The van der Waals surface area contributed by atoms with Gasteiger partial charge in [0.05, 0.1) is 12.4 Å². The zero-order chi connectivity index (χ0) is 15.0. The van der Waals surface area contributed by atoms with Gasteiger partial charge in [0.1, 0.15) is 5.75 Å². The zero-order valence-corrected chi connectivity index (χ0v) is 15.8. The molecule has 21 heavy (non-hydrogen) atoms. The Morgan fingerprint density at radius 3 is 2.19 bits per heavy atom. The molecule has 7 heteroatoms. The summed E-state index contributed by atoms with van der Waals surface area (Å²) in [6.45, 7) is -2.76. The van der Waals surface area contributed by atoms with Crippen molar-refractivity contribution in [1.82, 2.24) is 0 Å². The Hall–Kier alpha value is 0.441. The minimum atomic E-state index is -5.31. The minimum Gasteiger partial charge on any atom is -0.493 e. The summed E-state index contributed by atoms with van der Waals surface area (Å²) in [5, 5.41) is 0. The fourth-order valence-corrected chi connectivity index (χ4v) is 1.94. The van der Waals surface area contributed by atoms with Crippen LogP contribution in [0.25, 0.3) is 0 Å². The smallest absolute Gasteiger partial charge is 0.493 e. The standard InChI is InChI=1S/C14H20BF4O.K/c1-2-3-4-5-6-7-10-20-12-8-9-13(14(16)11-12)15(17,18)19;/h8-9,11H,2-7,10H2,1H3;/q-1;+1. The molecule has 0 aliphatic heterocycles. The van der Waals surface area contributed by atoms with Crippen molar-refractivity contribution in [3.63, 3.8) is 0 Å². The van der Waals surface area contributed by atoms with Crippen LogP contribution in [-0.2, 0) is 0 Å². The van der Waals surface area contributed by atoms with Gasteiger partial charge in [0, 0.05) is 6.07 Å². The molecule has 0 bridgehead atoms. The van der Waals surface area contributed by atoms with Crippen molar-refractivity contribution < 1.29 is 73.5 Å². The number of ether oxygens (including phenoxy) is 1. The third-order valence-electron chi connectivity index (χ3n) is 3.09. The van der Waals surface area contributed by atoms with Gasteiger partial charge in [-0.15, -0.1) is 0 Å². The average molecular weight is 330 g/mol. The summed E-state index contributed by atoms with van der Waals surface area (Å²) in [5.41, 5.74) is -1.20. The summed E-state index contributed by atoms with van der Waals surface area (Å²) in [7, 11) is 0. The van der Waals surface area contributed by atoms with Gasteiger partial charge >= 0.3 is 58.4 Å². The first kappa shape index (κ1) is 21.4. The van der Waals surface area contributed by atoms with Crippen molar-refractivity contribution in [3.8, 4) is 5.75 Å². The van der Waals surface area contributed by atoms with Crippen LogP contribution in [0.1, 0.15) is 45.4 Å². The van der Waals surface area contributed by atoms with Gasteiger partial charge in [-0.25, -0.2) is 4.39 Å². The maximum atomic E-state index is 13.3. The molecule has 1 aromatic carbocycles. The van der Waals surface area contributed by atoms with Crippen LogP contribution in [0.15, 0.2) is 18.2 Å². The molecular weight excluding hydrogens is 310 g/mol. The number of benzene rings is 1. The quantitative estimate of drug-likeness (QED) is 0.380. The van der Waals surface area contributed by atoms with Crippen molar-refractivity contribution in [2.75, 3.05) is 6.61 Å². The summed E-state index contributed by atoms with van der Waals surface area (Å²) in [6.07, 6.45) is 6.56. The van der Waals surface area contributed by atoms with E-state index in [4.69, 9.17) is 4.74 Å². The van der Waals surface area contributed by atoms with E-state index in [2.05, 4.69) is 6.92 Å². The van der Waals surface area contributed by atoms with E-state index in [9.17, 15) is 17.3 Å². The zero-order valence-electron chi connectivity index (χ0n) is 12.7. The third kappa shape index (κ3) is 8.59. The monoisotopic (exact) mass is 330 g/mol. The van der Waals surface area contributed by atoms with Gasteiger partial charge < -0.3 is 17.7 Å². The molecule has 0 radical (unpaired) electrons. The number of hydrogen-bond donors (Lipinski definition) is 0. The predicted molar refractivity (Wildman–Crippen MR) is 74.0 cm³/mol. The van der Waals surface area contributed by atoms with E-state index < -0.39 is 18.3 Å². The molecule has 0 aliphatic carbocycles. The van der Waals surface area contributed by atoms with E-state index in [0.717, 1.165) is 31.4 Å². The van der Waals surface area contributed by atoms with E-state index in [-0.39, 0.29) is 57.1 Å². The fraction of sp³-hybridized carbons (Fsp3) is 0.571. The first-order valence-corrected chi connectivity index (χ1v) is 7.07. The van der Waals surface area contributed by atoms with Crippen LogP contribution in [0.5, 0.6) is 5.75 Å². The molecule has 114 valence electrons. The Bertz CT molecular complexity index is 412. The third-order valence-corrected chi connectivity index (χ3v) is 3.09. The second kappa shape index (κ2) is 11.1. The topological polar surface area (TPSA) is 9.23 Å². The Balaban J connectivity index is 0.00000400. The molecule has 0 saturated heterocycles. The number of rotatable bonds is 9. The van der Waals surface area contributed by atoms with Crippen molar-refractivity contribution in [3.05, 3.63) is 24.0 Å². The summed E-state index contributed by atoms with van der Waals surface area (Å²) in [6, 6.07) is 2.72. The molecular formula is C14H20BF4KO. The Kier molecular flexibility index (Phi) is 11.3. The Morgan fingerprint density at radius 1 is 1.00 bits per heavy atom. The van der Waals surface area contributed by atoms with Crippen LogP contribution in [0, 0.1) is 5.82 Å². The molecule has 0 saturated carbocycles. The maximum absolute atomic E-state index is 13.3. The minimum absolute atomic E-state index is 0. The van der Waals surface area contributed by atoms with Crippen LogP contribution >= 0.6 is 0 Å². The fourth-order valence-electron chi connectivity index (χ4n) is 1.94. The van der Waals surface area contributed by atoms with Crippen LogP contribution in [-0.4, -0.2) is 13.6 Å². The van der Waals surface area contributed by atoms with Gasteiger partial charge in [-0.2, -0.15) is 0 Å². The van der Waals surface area contributed by atoms with Crippen LogP contribution in [0.2, 0.25) is 0 Å². The van der Waals surface area contributed by atoms with Crippen LogP contribution in [0.4, 0.5) is 17.3 Å². The van der Waals surface area contributed by atoms with Crippen molar-refractivity contribution in [1.29, 1.82) is 0 Å². The molecule has 1 aromatic rings. The van der Waals surface area contributed by atoms with E-state index >= 15 is 0 Å². The summed E-state index contributed by atoms with van der Waals surface area (Å²) >= 11 is 0. The number of unbranched alkanes of at least 4 members (excludes halogenated alkanes) is 5. The Morgan fingerprint density at radius 2 is 1.62 bits per heavy atom. The average Bonchev–Trinajstić information content (AvgIpc) is 2.36. The normalized spacial score (nSPS) is 11.1. The summed E-state index contributed by atoms with van der Waals surface area (Å²) < 4.78 is 55.8. The number of hydrogen-bond acceptors (Lipinski definition) is 1.